The number of carbonyl (C=O) groups is 1. The lowest BCUT2D eigenvalue weighted by atomic mass is 9.96. The number of ether oxygens (including phenoxy) is 6. The molecule has 3 fully saturated rings. The third-order valence-corrected chi connectivity index (χ3v) is 16.3. The first-order valence-electron chi connectivity index (χ1n) is 31.9. The van der Waals surface area contributed by atoms with Crippen molar-refractivity contribution in [1.82, 2.24) is 5.32 Å². The normalized spacial score (nSPS) is 30.0. The van der Waals surface area contributed by atoms with E-state index in [2.05, 4.69) is 12.2 Å². The predicted octanol–water partition coefficient (Wildman–Crippen LogP) is 6.55. The second-order valence-electron chi connectivity index (χ2n) is 23.2. The van der Waals surface area contributed by atoms with Crippen molar-refractivity contribution < 1.29 is 89.4 Å². The van der Waals surface area contributed by atoms with E-state index in [4.69, 9.17) is 28.4 Å². The first-order chi connectivity index (χ1) is 38.8. The van der Waals surface area contributed by atoms with Crippen LogP contribution in [0.1, 0.15) is 239 Å². The van der Waals surface area contributed by atoms with Gasteiger partial charge in [-0.1, -0.05) is 231 Å². The molecule has 3 saturated heterocycles. The second kappa shape index (κ2) is 44.9. The first-order valence-corrected chi connectivity index (χ1v) is 31.9. The molecule has 472 valence electrons. The number of nitrogens with one attached hydrogen (secondary N) is 1. The molecule has 3 heterocycles. The van der Waals surface area contributed by atoms with Crippen LogP contribution in [0.15, 0.2) is 12.2 Å². The molecule has 19 nitrogen and oxygen atoms in total. The van der Waals surface area contributed by atoms with Crippen LogP contribution >= 0.6 is 0 Å². The molecule has 3 aliphatic rings. The molecule has 0 spiro atoms. The summed E-state index contributed by atoms with van der Waals surface area (Å²) in [6.45, 7) is 1.57. The Bertz CT molecular complexity index is 1510. The van der Waals surface area contributed by atoms with E-state index in [1.807, 2.05) is 13.0 Å². The van der Waals surface area contributed by atoms with Gasteiger partial charge in [-0.3, -0.25) is 4.79 Å². The number of amides is 1. The number of rotatable bonds is 48. The maximum absolute atomic E-state index is 13.2. The minimum absolute atomic E-state index is 0.247. The molecule has 19 heteroatoms. The Hall–Kier alpha value is -1.47. The largest absolute Gasteiger partial charge is 0.394 e. The molecule has 12 N–H and O–H groups in total. The molecule has 0 aromatic carbocycles. The molecular formula is C61H115NO18. The van der Waals surface area contributed by atoms with Gasteiger partial charge in [-0.25, -0.2) is 0 Å². The first kappa shape index (κ1) is 72.8. The molecule has 0 aromatic rings. The van der Waals surface area contributed by atoms with Crippen LogP contribution in [0, 0.1) is 0 Å². The minimum atomic E-state index is -1.97. The number of allylic oxidation sites excluding steroid dienone is 1. The smallest absolute Gasteiger partial charge is 0.220 e. The maximum Gasteiger partial charge on any atom is 0.220 e. The molecule has 0 saturated carbocycles. The van der Waals surface area contributed by atoms with Crippen molar-refractivity contribution in [3.05, 3.63) is 12.2 Å². The zero-order valence-corrected chi connectivity index (χ0v) is 49.3. The summed E-state index contributed by atoms with van der Waals surface area (Å²) in [5.74, 6) is -0.280. The van der Waals surface area contributed by atoms with Gasteiger partial charge in [-0.05, 0) is 12.8 Å². The van der Waals surface area contributed by atoms with Crippen molar-refractivity contribution in [3.63, 3.8) is 0 Å². The van der Waals surface area contributed by atoms with E-state index in [0.717, 1.165) is 32.1 Å². The van der Waals surface area contributed by atoms with Crippen LogP contribution < -0.4 is 5.32 Å². The molecule has 17 atom stereocenters. The highest BCUT2D eigenvalue weighted by Crippen LogP contribution is 2.33. The summed E-state index contributed by atoms with van der Waals surface area (Å²) in [4.78, 5) is 13.2. The quantitative estimate of drug-likeness (QED) is 0.0227. The van der Waals surface area contributed by atoms with E-state index < -0.39 is 124 Å². The zero-order valence-electron chi connectivity index (χ0n) is 49.3. The number of hydrogen-bond donors (Lipinski definition) is 12. The van der Waals surface area contributed by atoms with Crippen LogP contribution in [-0.4, -0.2) is 193 Å². The lowest BCUT2D eigenvalue weighted by Gasteiger charge is -2.48. The Labute approximate surface area is 480 Å². The lowest BCUT2D eigenvalue weighted by molar-refractivity contribution is -0.379. The Morgan fingerprint density at radius 1 is 0.438 bits per heavy atom. The number of unbranched alkanes of at least 4 members (excludes halogenated alkanes) is 32. The molecule has 0 radical (unpaired) electrons. The van der Waals surface area contributed by atoms with Crippen LogP contribution in [0.25, 0.3) is 0 Å². The molecular weight excluding hydrogens is 1030 g/mol. The summed E-state index contributed by atoms with van der Waals surface area (Å²) in [5, 5.41) is 119. The Kier molecular flexibility index (Phi) is 40.9. The predicted molar refractivity (Wildman–Crippen MR) is 305 cm³/mol. The third-order valence-electron chi connectivity index (χ3n) is 16.3. The summed E-state index contributed by atoms with van der Waals surface area (Å²) >= 11 is 0. The molecule has 3 rings (SSSR count). The summed E-state index contributed by atoms with van der Waals surface area (Å²) in [7, 11) is 0. The van der Waals surface area contributed by atoms with Crippen LogP contribution in [0.2, 0.25) is 0 Å². The monoisotopic (exact) mass is 1150 g/mol. The van der Waals surface area contributed by atoms with Gasteiger partial charge in [0.15, 0.2) is 18.9 Å². The summed E-state index contributed by atoms with van der Waals surface area (Å²) < 4.78 is 34.0. The lowest BCUT2D eigenvalue weighted by Crippen LogP contribution is -2.66. The van der Waals surface area contributed by atoms with Crippen molar-refractivity contribution >= 4 is 5.91 Å². The fraction of sp³-hybridized carbons (Fsp3) is 0.951. The summed E-state index contributed by atoms with van der Waals surface area (Å²) in [6, 6.07) is -0.964. The van der Waals surface area contributed by atoms with E-state index in [9.17, 15) is 61.0 Å². The van der Waals surface area contributed by atoms with Crippen LogP contribution in [0.4, 0.5) is 0 Å². The van der Waals surface area contributed by atoms with Crippen LogP contribution in [0.5, 0.6) is 0 Å². The summed E-state index contributed by atoms with van der Waals surface area (Å²) in [6.07, 6.45) is 20.5. The van der Waals surface area contributed by atoms with Gasteiger partial charge in [0.25, 0.3) is 0 Å². The Morgan fingerprint density at radius 2 is 0.775 bits per heavy atom. The highest BCUT2D eigenvalue weighted by molar-refractivity contribution is 5.76. The van der Waals surface area contributed by atoms with Crippen LogP contribution in [-0.2, 0) is 33.2 Å². The van der Waals surface area contributed by atoms with Crippen molar-refractivity contribution in [1.29, 1.82) is 0 Å². The van der Waals surface area contributed by atoms with Gasteiger partial charge in [0, 0.05) is 6.42 Å². The molecule has 80 heavy (non-hydrogen) atoms. The highest BCUT2D eigenvalue weighted by atomic mass is 16.8. The van der Waals surface area contributed by atoms with Crippen LogP contribution in [0.3, 0.4) is 0 Å². The molecule has 1 amide bonds. The van der Waals surface area contributed by atoms with E-state index in [1.165, 1.54) is 173 Å². The van der Waals surface area contributed by atoms with E-state index in [-0.39, 0.29) is 18.9 Å². The summed E-state index contributed by atoms with van der Waals surface area (Å²) in [5.41, 5.74) is 0. The van der Waals surface area contributed by atoms with Gasteiger partial charge in [0.05, 0.1) is 38.6 Å². The maximum atomic E-state index is 13.2. The number of aliphatic hydroxyl groups is 11. The fourth-order valence-corrected chi connectivity index (χ4v) is 11.1. The minimum Gasteiger partial charge on any atom is -0.394 e. The van der Waals surface area contributed by atoms with Gasteiger partial charge in [-0.2, -0.15) is 0 Å². The van der Waals surface area contributed by atoms with Crippen molar-refractivity contribution in [2.75, 3.05) is 26.4 Å². The van der Waals surface area contributed by atoms with Gasteiger partial charge in [0.2, 0.25) is 5.91 Å². The molecule has 0 bridgehead atoms. The fourth-order valence-electron chi connectivity index (χ4n) is 11.1. The van der Waals surface area contributed by atoms with Crippen molar-refractivity contribution in [2.24, 2.45) is 0 Å². The molecule has 0 aromatic heterocycles. The SMILES string of the molecule is CCCC/C=C/C(O)C(COC1OC(CO)C(OC2OC(CO)C(OC3OC(CO)C(O)C(O)C3O)C(O)C2O)C(O)C1O)NC(=O)CCCCCCCCCCCCCCCCCCCCCCCCCCCCCCCCC. The molecule has 0 aliphatic carbocycles. The average Bonchev–Trinajstić information content (AvgIpc) is 3.55. The van der Waals surface area contributed by atoms with Gasteiger partial charge >= 0.3 is 0 Å². The highest BCUT2D eigenvalue weighted by Gasteiger charge is 2.53. The molecule has 3 aliphatic heterocycles. The molecule has 17 unspecified atom stereocenters. The number of hydrogen-bond acceptors (Lipinski definition) is 18. The average molecular weight is 1150 g/mol. The Balaban J connectivity index is 1.27. The second-order valence-corrected chi connectivity index (χ2v) is 23.2. The van der Waals surface area contributed by atoms with Gasteiger partial charge in [0.1, 0.15) is 73.2 Å². The standard InChI is InChI=1S/C61H115NO18/c1-3-5-7-9-10-11-12-13-14-15-16-17-18-19-20-21-22-23-24-25-26-27-28-29-30-31-32-33-34-35-37-39-49(67)62-44(45(66)38-36-8-6-4-2)43-75-59-55(73)52(70)57(47(41-64)77-59)80-61-56(74)53(71)58(48(42-65)78-61)79-60-54(72)51(69)50(68)46(40-63)76-60/h36,38,44-48,50-61,63-66,68-74H,3-35,37,39-43H2,1-2H3,(H,62,67)/b38-36+. The van der Waals surface area contributed by atoms with Gasteiger partial charge in [-0.15, -0.1) is 0 Å². The third kappa shape index (κ3) is 28.2. The van der Waals surface area contributed by atoms with E-state index >= 15 is 0 Å². The van der Waals surface area contributed by atoms with E-state index in [0.29, 0.717) is 12.8 Å². The van der Waals surface area contributed by atoms with Crippen molar-refractivity contribution in [3.8, 4) is 0 Å². The van der Waals surface area contributed by atoms with Crippen molar-refractivity contribution in [2.45, 2.75) is 343 Å². The Morgan fingerprint density at radius 3 is 1.16 bits per heavy atom. The number of aliphatic hydroxyl groups excluding tert-OH is 11. The van der Waals surface area contributed by atoms with E-state index in [1.54, 1.807) is 6.08 Å². The zero-order chi connectivity index (χ0) is 58.3. The number of carbonyl (C=O) groups excluding carboxylic acids is 1. The topological polar surface area (TPSA) is 307 Å². The van der Waals surface area contributed by atoms with Gasteiger partial charge < -0.3 is 89.9 Å².